The second-order valence-electron chi connectivity index (χ2n) is 4.63. The minimum atomic E-state index is -0.0714. The molecule has 0 unspecified atom stereocenters. The van der Waals surface area contributed by atoms with Crippen LogP contribution in [0.1, 0.15) is 47.0 Å². The van der Waals surface area contributed by atoms with Gasteiger partial charge in [0.2, 0.25) is 0 Å². The Bertz CT molecular complexity index is 193. The summed E-state index contributed by atoms with van der Waals surface area (Å²) in [6.07, 6.45) is 6.78. The van der Waals surface area contributed by atoms with Gasteiger partial charge in [-0.25, -0.2) is 0 Å². The molecule has 0 aliphatic rings. The van der Waals surface area contributed by atoms with E-state index in [1.54, 1.807) is 0 Å². The highest BCUT2D eigenvalue weighted by atomic mass is 16.5. The molecule has 0 N–H and O–H groups in total. The Hall–Kier alpha value is -0.790. The number of carbonyl (C=O) groups excluding carboxylic acids is 1. The molecular formula is C13H24O2. The lowest BCUT2D eigenvalue weighted by Gasteiger charge is -2.05. The highest BCUT2D eigenvalue weighted by Gasteiger charge is 2.04. The van der Waals surface area contributed by atoms with Gasteiger partial charge in [-0.15, -0.1) is 0 Å². The monoisotopic (exact) mass is 212 g/mol. The number of ether oxygens (including phenoxy) is 1. The van der Waals surface area contributed by atoms with Gasteiger partial charge in [0, 0.05) is 6.42 Å². The first-order valence-corrected chi connectivity index (χ1v) is 5.84. The van der Waals surface area contributed by atoms with E-state index in [0.717, 1.165) is 12.8 Å². The topological polar surface area (TPSA) is 26.3 Å². The molecule has 0 aliphatic carbocycles. The molecule has 0 saturated heterocycles. The zero-order valence-corrected chi connectivity index (χ0v) is 10.5. The van der Waals surface area contributed by atoms with E-state index in [1.807, 2.05) is 13.8 Å². The summed E-state index contributed by atoms with van der Waals surface area (Å²) >= 11 is 0. The van der Waals surface area contributed by atoms with Gasteiger partial charge < -0.3 is 4.74 Å². The van der Waals surface area contributed by atoms with Crippen LogP contribution in [0.5, 0.6) is 0 Å². The summed E-state index contributed by atoms with van der Waals surface area (Å²) in [5.41, 5.74) is 0. The number of allylic oxidation sites excluding steroid dienone is 2. The molecule has 0 amide bonds. The van der Waals surface area contributed by atoms with Gasteiger partial charge in [-0.1, -0.05) is 39.8 Å². The minimum Gasteiger partial charge on any atom is -0.466 e. The van der Waals surface area contributed by atoms with Gasteiger partial charge in [-0.3, -0.25) is 4.79 Å². The molecule has 0 saturated carbocycles. The molecule has 0 fully saturated rings. The molecule has 0 bridgehead atoms. The van der Waals surface area contributed by atoms with E-state index in [9.17, 15) is 4.79 Å². The van der Waals surface area contributed by atoms with Gasteiger partial charge in [-0.05, 0) is 24.7 Å². The minimum absolute atomic E-state index is 0.0714. The quantitative estimate of drug-likeness (QED) is 0.366. The van der Waals surface area contributed by atoms with Crippen LogP contribution in [0.2, 0.25) is 0 Å². The summed E-state index contributed by atoms with van der Waals surface area (Å²) in [6.45, 7) is 8.89. The summed E-state index contributed by atoms with van der Waals surface area (Å²) in [5, 5.41) is 0. The molecule has 0 radical (unpaired) electrons. The first-order chi connectivity index (χ1) is 7.02. The summed E-state index contributed by atoms with van der Waals surface area (Å²) in [6, 6.07) is 0. The maximum atomic E-state index is 11.2. The van der Waals surface area contributed by atoms with E-state index in [4.69, 9.17) is 4.74 Å². The van der Waals surface area contributed by atoms with E-state index in [1.165, 1.54) is 0 Å². The molecule has 0 aromatic carbocycles. The molecule has 0 spiro atoms. The predicted molar refractivity (Wildman–Crippen MR) is 63.6 cm³/mol. The number of unbranched alkanes of at least 4 members (excludes halogenated alkanes) is 1. The Morgan fingerprint density at radius 1 is 1.27 bits per heavy atom. The maximum absolute atomic E-state index is 11.2. The van der Waals surface area contributed by atoms with Crippen molar-refractivity contribution in [2.75, 3.05) is 6.61 Å². The Labute approximate surface area is 93.7 Å². The fourth-order valence-electron chi connectivity index (χ4n) is 1.15. The number of rotatable bonds is 7. The third-order valence-electron chi connectivity index (χ3n) is 1.87. The normalized spacial score (nSPS) is 11.6. The Morgan fingerprint density at radius 2 is 1.93 bits per heavy atom. The van der Waals surface area contributed by atoms with Crippen molar-refractivity contribution in [3.63, 3.8) is 0 Å². The highest BCUT2D eigenvalue weighted by Crippen LogP contribution is 2.02. The fourth-order valence-corrected chi connectivity index (χ4v) is 1.15. The third-order valence-corrected chi connectivity index (χ3v) is 1.87. The van der Waals surface area contributed by atoms with Crippen LogP contribution in [0, 0.1) is 11.8 Å². The van der Waals surface area contributed by atoms with E-state index >= 15 is 0 Å². The standard InChI is InChI=1S/C13H24O2/c1-11(2)8-6-5-7-9-15-13(14)10-12(3)4/h6,8,11-12H,5,7,9-10H2,1-4H3. The van der Waals surface area contributed by atoms with Gasteiger partial charge >= 0.3 is 5.97 Å². The molecule has 0 aromatic heterocycles. The Kier molecular flexibility index (Phi) is 8.06. The lowest BCUT2D eigenvalue weighted by Crippen LogP contribution is -2.08. The number of esters is 1. The van der Waals surface area contributed by atoms with Crippen LogP contribution >= 0.6 is 0 Å². The molecule has 0 aliphatic heterocycles. The zero-order valence-electron chi connectivity index (χ0n) is 10.5. The van der Waals surface area contributed by atoms with E-state index in [0.29, 0.717) is 24.9 Å². The van der Waals surface area contributed by atoms with Crippen LogP contribution < -0.4 is 0 Å². The van der Waals surface area contributed by atoms with Gasteiger partial charge in [0.05, 0.1) is 6.61 Å². The zero-order chi connectivity index (χ0) is 11.7. The van der Waals surface area contributed by atoms with Crippen LogP contribution in [0.25, 0.3) is 0 Å². The molecule has 2 heteroatoms. The molecule has 0 heterocycles. The SMILES string of the molecule is CC(C)C=CCCCOC(=O)CC(C)C. The number of hydrogen-bond donors (Lipinski definition) is 0. The molecule has 15 heavy (non-hydrogen) atoms. The Morgan fingerprint density at radius 3 is 2.47 bits per heavy atom. The molecule has 0 atom stereocenters. The van der Waals surface area contributed by atoms with Crippen molar-refractivity contribution in [2.24, 2.45) is 11.8 Å². The van der Waals surface area contributed by atoms with Crippen LogP contribution in [0.3, 0.4) is 0 Å². The molecule has 0 aromatic rings. The highest BCUT2D eigenvalue weighted by molar-refractivity contribution is 5.69. The second kappa shape index (κ2) is 8.51. The van der Waals surface area contributed by atoms with Crippen molar-refractivity contribution in [1.29, 1.82) is 0 Å². The van der Waals surface area contributed by atoms with Crippen molar-refractivity contribution >= 4 is 5.97 Å². The van der Waals surface area contributed by atoms with Crippen molar-refractivity contribution in [2.45, 2.75) is 47.0 Å². The van der Waals surface area contributed by atoms with Crippen molar-refractivity contribution in [3.8, 4) is 0 Å². The third kappa shape index (κ3) is 11.1. The summed E-state index contributed by atoms with van der Waals surface area (Å²) in [4.78, 5) is 11.2. The molecule has 88 valence electrons. The van der Waals surface area contributed by atoms with Gasteiger partial charge in [0.15, 0.2) is 0 Å². The average Bonchev–Trinajstić information content (AvgIpc) is 2.09. The fraction of sp³-hybridized carbons (Fsp3) is 0.769. The smallest absolute Gasteiger partial charge is 0.306 e. The van der Waals surface area contributed by atoms with Crippen molar-refractivity contribution < 1.29 is 9.53 Å². The predicted octanol–water partition coefficient (Wildman–Crippen LogP) is 3.57. The number of hydrogen-bond acceptors (Lipinski definition) is 2. The van der Waals surface area contributed by atoms with E-state index < -0.39 is 0 Å². The summed E-state index contributed by atoms with van der Waals surface area (Å²) < 4.78 is 5.09. The molecule has 2 nitrogen and oxygen atoms in total. The first kappa shape index (κ1) is 14.2. The van der Waals surface area contributed by atoms with Crippen molar-refractivity contribution in [3.05, 3.63) is 12.2 Å². The van der Waals surface area contributed by atoms with Crippen LogP contribution in [-0.4, -0.2) is 12.6 Å². The lowest BCUT2D eigenvalue weighted by molar-refractivity contribution is -0.144. The van der Waals surface area contributed by atoms with Crippen LogP contribution in [0.4, 0.5) is 0 Å². The average molecular weight is 212 g/mol. The van der Waals surface area contributed by atoms with Crippen molar-refractivity contribution in [1.82, 2.24) is 0 Å². The van der Waals surface area contributed by atoms with Crippen LogP contribution in [0.15, 0.2) is 12.2 Å². The second-order valence-corrected chi connectivity index (χ2v) is 4.63. The molecule has 0 rings (SSSR count). The summed E-state index contributed by atoms with van der Waals surface area (Å²) in [5.74, 6) is 0.921. The lowest BCUT2D eigenvalue weighted by atomic mass is 10.1. The van der Waals surface area contributed by atoms with E-state index in [-0.39, 0.29) is 5.97 Å². The van der Waals surface area contributed by atoms with E-state index in [2.05, 4.69) is 26.0 Å². The largest absolute Gasteiger partial charge is 0.466 e. The van der Waals surface area contributed by atoms with Crippen LogP contribution in [-0.2, 0) is 9.53 Å². The van der Waals surface area contributed by atoms with Gasteiger partial charge in [0.25, 0.3) is 0 Å². The maximum Gasteiger partial charge on any atom is 0.306 e. The summed E-state index contributed by atoms with van der Waals surface area (Å²) in [7, 11) is 0. The molecular weight excluding hydrogens is 188 g/mol. The van der Waals surface area contributed by atoms with Gasteiger partial charge in [0.1, 0.15) is 0 Å². The number of carbonyl (C=O) groups is 1. The Balaban J connectivity index is 3.35. The van der Waals surface area contributed by atoms with Gasteiger partial charge in [-0.2, -0.15) is 0 Å². The first-order valence-electron chi connectivity index (χ1n) is 5.84.